The average molecular weight is 529 g/mol. The van der Waals surface area contributed by atoms with E-state index in [0.717, 1.165) is 6.92 Å². The second kappa shape index (κ2) is 11.7. The largest absolute Gasteiger partial charge is 0.394 e. The second-order valence-electron chi connectivity index (χ2n) is 9.27. The Balaban J connectivity index is 1.90. The van der Waals surface area contributed by atoms with Crippen LogP contribution in [-0.2, 0) is 23.7 Å². The maximum Gasteiger partial charge on any atom is 0.217 e. The average Bonchev–Trinajstić information content (AvgIpc) is 2.83. The highest BCUT2D eigenvalue weighted by Gasteiger charge is 2.55. The maximum atomic E-state index is 11.7. The molecule has 0 spiro atoms. The van der Waals surface area contributed by atoms with Crippen LogP contribution in [0, 0.1) is 0 Å². The first-order valence-corrected chi connectivity index (χ1v) is 11.4. The number of rotatable bonds is 6. The molecule has 0 aromatic rings. The number of amides is 1. The third-order valence-electron chi connectivity index (χ3n) is 6.70. The Kier molecular flexibility index (Phi) is 9.62. The molecule has 0 radical (unpaired) electrons. The molecule has 3 rings (SSSR count). The Morgan fingerprint density at radius 1 is 0.833 bits per heavy atom. The molecule has 3 heterocycles. The molecule has 1 amide bonds. The van der Waals surface area contributed by atoms with Gasteiger partial charge in [0, 0.05) is 6.92 Å². The highest BCUT2D eigenvalue weighted by atomic mass is 16.7. The molecule has 16 heteroatoms. The Morgan fingerprint density at radius 3 is 2.06 bits per heavy atom. The summed E-state index contributed by atoms with van der Waals surface area (Å²) < 4.78 is 21.8. The van der Waals surface area contributed by atoms with Crippen LogP contribution in [0.5, 0.6) is 0 Å². The Bertz CT molecular complexity index is 746. The van der Waals surface area contributed by atoms with Gasteiger partial charge in [0.05, 0.1) is 12.7 Å². The Hall–Kier alpha value is -1.09. The molecule has 1 unspecified atom stereocenters. The van der Waals surface area contributed by atoms with E-state index in [1.807, 2.05) is 0 Å². The van der Waals surface area contributed by atoms with Crippen molar-refractivity contribution in [2.45, 2.75) is 112 Å². The summed E-state index contributed by atoms with van der Waals surface area (Å²) in [5, 5.41) is 104. The molecule has 11 N–H and O–H groups in total. The van der Waals surface area contributed by atoms with Crippen molar-refractivity contribution in [1.29, 1.82) is 0 Å². The second-order valence-corrected chi connectivity index (χ2v) is 9.27. The molecule has 16 nitrogen and oxygen atoms in total. The number of carbonyl (C=O) groups is 1. The normalized spacial score (nSPS) is 50.9. The highest BCUT2D eigenvalue weighted by Crippen LogP contribution is 2.33. The number of ether oxygens (including phenoxy) is 4. The quantitative estimate of drug-likeness (QED) is 0.153. The number of hydrogen-bond acceptors (Lipinski definition) is 15. The van der Waals surface area contributed by atoms with Gasteiger partial charge in [0.25, 0.3) is 0 Å². The summed E-state index contributed by atoms with van der Waals surface area (Å²) in [5.41, 5.74) is 0. The molecule has 0 aromatic carbocycles. The number of carbonyl (C=O) groups excluding carboxylic acids is 1. The fourth-order valence-electron chi connectivity index (χ4n) is 4.60. The molecule has 0 bridgehead atoms. The van der Waals surface area contributed by atoms with Crippen LogP contribution in [0.1, 0.15) is 13.8 Å². The van der Waals surface area contributed by atoms with Gasteiger partial charge in [0.2, 0.25) is 5.91 Å². The number of nitrogens with one attached hydrogen (secondary N) is 1. The van der Waals surface area contributed by atoms with E-state index in [0.29, 0.717) is 0 Å². The Labute approximate surface area is 205 Å². The topological polar surface area (TPSA) is 268 Å². The molecule has 3 aliphatic heterocycles. The van der Waals surface area contributed by atoms with Crippen LogP contribution in [-0.4, -0.2) is 162 Å². The molecule has 0 aliphatic carbocycles. The number of aliphatic hydroxyl groups excluding tert-OH is 10. The van der Waals surface area contributed by atoms with Crippen LogP contribution >= 0.6 is 0 Å². The van der Waals surface area contributed by atoms with Gasteiger partial charge in [-0.25, -0.2) is 0 Å². The molecule has 36 heavy (non-hydrogen) atoms. The van der Waals surface area contributed by atoms with Crippen molar-refractivity contribution in [3.63, 3.8) is 0 Å². The van der Waals surface area contributed by atoms with Gasteiger partial charge in [0.15, 0.2) is 12.6 Å². The molecule has 3 saturated heterocycles. The van der Waals surface area contributed by atoms with Crippen LogP contribution in [0.4, 0.5) is 0 Å². The minimum atomic E-state index is -1.99. The zero-order chi connectivity index (χ0) is 27.1. The maximum absolute atomic E-state index is 11.7. The lowest BCUT2D eigenvalue weighted by molar-refractivity contribution is -0.343. The summed E-state index contributed by atoms with van der Waals surface area (Å²) in [4.78, 5) is 11.7. The van der Waals surface area contributed by atoms with E-state index in [4.69, 9.17) is 18.9 Å². The van der Waals surface area contributed by atoms with Gasteiger partial charge in [0.1, 0.15) is 79.3 Å². The lowest BCUT2D eigenvalue weighted by Crippen LogP contribution is -2.70. The molecular weight excluding hydrogens is 494 g/mol. The predicted molar refractivity (Wildman–Crippen MR) is 111 cm³/mol. The predicted octanol–water partition coefficient (Wildman–Crippen LogP) is -7.01. The number of hydrogen-bond donors (Lipinski definition) is 11. The van der Waals surface area contributed by atoms with Crippen LogP contribution in [0.3, 0.4) is 0 Å². The first kappa shape index (κ1) is 29.5. The van der Waals surface area contributed by atoms with Crippen molar-refractivity contribution in [2.75, 3.05) is 6.61 Å². The molecule has 210 valence electrons. The molecule has 16 atom stereocenters. The van der Waals surface area contributed by atoms with E-state index in [-0.39, 0.29) is 0 Å². The van der Waals surface area contributed by atoms with E-state index < -0.39 is 110 Å². The van der Waals surface area contributed by atoms with Crippen molar-refractivity contribution in [1.82, 2.24) is 5.32 Å². The summed E-state index contributed by atoms with van der Waals surface area (Å²) in [6.45, 7) is 1.70. The highest BCUT2D eigenvalue weighted by molar-refractivity contribution is 5.73. The molecule has 0 aromatic heterocycles. The first-order chi connectivity index (χ1) is 16.8. The van der Waals surface area contributed by atoms with Crippen LogP contribution in [0.2, 0.25) is 0 Å². The molecule has 0 saturated carbocycles. The van der Waals surface area contributed by atoms with Gasteiger partial charge in [-0.1, -0.05) is 0 Å². The Morgan fingerprint density at radius 2 is 1.47 bits per heavy atom. The van der Waals surface area contributed by atoms with Crippen molar-refractivity contribution in [3.8, 4) is 0 Å². The standard InChI is InChI=1S/C20H35NO15/c1-4-8(24)12(28)17(18(33-4)15(31)16-13(29)11(27)14(30)19(32)35-16)36-20-7(21-5(2)23)10(26)9(25)6(3-22)34-20/h4,6-20,22,24-32H,3H2,1-2H3,(H,21,23)/t4-,6-,7+,8-,9-,10-,11+,12+,13+,14+,15?,16+,17+,18+,19+,20+/m1/s1. The van der Waals surface area contributed by atoms with Gasteiger partial charge in [-0.3, -0.25) is 4.79 Å². The van der Waals surface area contributed by atoms with Crippen LogP contribution in [0.15, 0.2) is 0 Å². The van der Waals surface area contributed by atoms with Crippen LogP contribution in [0.25, 0.3) is 0 Å². The first-order valence-electron chi connectivity index (χ1n) is 11.4. The van der Waals surface area contributed by atoms with Crippen molar-refractivity contribution >= 4 is 5.91 Å². The van der Waals surface area contributed by atoms with Crippen molar-refractivity contribution in [2.24, 2.45) is 0 Å². The minimum Gasteiger partial charge on any atom is -0.394 e. The minimum absolute atomic E-state index is 0.656. The number of aliphatic hydroxyl groups is 10. The van der Waals surface area contributed by atoms with E-state index in [9.17, 15) is 55.9 Å². The summed E-state index contributed by atoms with van der Waals surface area (Å²) in [6.07, 6.45) is -25.6. The van der Waals surface area contributed by atoms with Gasteiger partial charge in [-0.05, 0) is 6.92 Å². The van der Waals surface area contributed by atoms with Gasteiger partial charge in [-0.15, -0.1) is 0 Å². The summed E-state index contributed by atoms with van der Waals surface area (Å²) in [7, 11) is 0. The van der Waals surface area contributed by atoms with E-state index in [2.05, 4.69) is 5.32 Å². The molecule has 3 fully saturated rings. The SMILES string of the molecule is CC(=O)N[C@@H]1[C@H](O[C@H]2[C@@H](O)[C@H](O)[C@@H](C)O[C@H]2C(O)[C@H]2O[C@H](O)[C@@H](O)[C@@H](O)[C@@H]2O)O[C@H](CO)[C@@H](O)[C@@H]1O. The third kappa shape index (κ3) is 5.67. The lowest BCUT2D eigenvalue weighted by Gasteiger charge is -2.49. The summed E-state index contributed by atoms with van der Waals surface area (Å²) >= 11 is 0. The lowest BCUT2D eigenvalue weighted by atomic mass is 9.86. The van der Waals surface area contributed by atoms with Gasteiger partial charge >= 0.3 is 0 Å². The van der Waals surface area contributed by atoms with Crippen LogP contribution < -0.4 is 5.32 Å². The van der Waals surface area contributed by atoms with E-state index >= 15 is 0 Å². The summed E-state index contributed by atoms with van der Waals surface area (Å²) in [5.74, 6) is -0.656. The zero-order valence-corrected chi connectivity index (χ0v) is 19.5. The van der Waals surface area contributed by atoms with Crippen molar-refractivity contribution in [3.05, 3.63) is 0 Å². The van der Waals surface area contributed by atoms with E-state index in [1.54, 1.807) is 0 Å². The fraction of sp³-hybridized carbons (Fsp3) is 0.950. The van der Waals surface area contributed by atoms with E-state index in [1.165, 1.54) is 6.92 Å². The summed E-state index contributed by atoms with van der Waals surface area (Å²) in [6, 6.07) is -1.43. The smallest absolute Gasteiger partial charge is 0.217 e. The zero-order valence-electron chi connectivity index (χ0n) is 19.5. The van der Waals surface area contributed by atoms with Gasteiger partial charge < -0.3 is 75.3 Å². The third-order valence-corrected chi connectivity index (χ3v) is 6.70. The monoisotopic (exact) mass is 529 g/mol. The molecule has 3 aliphatic rings. The van der Waals surface area contributed by atoms with Crippen molar-refractivity contribution < 1.29 is 74.8 Å². The molecular formula is C20H35NO15. The van der Waals surface area contributed by atoms with Gasteiger partial charge in [-0.2, -0.15) is 0 Å². The fourth-order valence-corrected chi connectivity index (χ4v) is 4.60.